The van der Waals surface area contributed by atoms with Crippen LogP contribution in [0.4, 0.5) is 0 Å². The number of hydrogen-bond acceptors (Lipinski definition) is 4. The lowest BCUT2D eigenvalue weighted by Gasteiger charge is -2.08. The van der Waals surface area contributed by atoms with E-state index in [0.717, 1.165) is 10.0 Å². The summed E-state index contributed by atoms with van der Waals surface area (Å²) in [5.74, 6) is 0.686. The Balaban J connectivity index is 2.09. The Morgan fingerprint density at radius 1 is 1.18 bits per heavy atom. The summed E-state index contributed by atoms with van der Waals surface area (Å²) in [4.78, 5) is 12.1. The van der Waals surface area contributed by atoms with Crippen LogP contribution >= 0.6 is 15.9 Å². The number of amides is 1. The molecule has 5 nitrogen and oxygen atoms in total. The Morgan fingerprint density at radius 2 is 2.00 bits per heavy atom. The van der Waals surface area contributed by atoms with E-state index in [4.69, 9.17) is 9.47 Å². The number of halogens is 1. The molecule has 0 aliphatic rings. The molecule has 22 heavy (non-hydrogen) atoms. The first-order valence-corrected chi connectivity index (χ1v) is 7.24. The maximum atomic E-state index is 12.1. The first-order valence-electron chi connectivity index (χ1n) is 6.45. The van der Waals surface area contributed by atoms with Crippen LogP contribution in [0.15, 0.2) is 52.0 Å². The Morgan fingerprint density at radius 3 is 2.68 bits per heavy atom. The molecular weight excluding hydrogens is 348 g/mol. The average Bonchev–Trinajstić information content (AvgIpc) is 2.54. The zero-order valence-electron chi connectivity index (χ0n) is 12.2. The summed E-state index contributed by atoms with van der Waals surface area (Å²) in [5, 5.41) is 3.94. The van der Waals surface area contributed by atoms with Gasteiger partial charge in [-0.15, -0.1) is 0 Å². The molecule has 1 N–H and O–H groups in total. The highest BCUT2D eigenvalue weighted by molar-refractivity contribution is 9.10. The zero-order chi connectivity index (χ0) is 15.9. The van der Waals surface area contributed by atoms with Gasteiger partial charge in [-0.25, -0.2) is 5.43 Å². The number of nitrogens with one attached hydrogen (secondary N) is 1. The molecule has 114 valence electrons. The molecule has 0 aliphatic heterocycles. The van der Waals surface area contributed by atoms with Gasteiger partial charge in [-0.1, -0.05) is 28.1 Å². The van der Waals surface area contributed by atoms with Crippen LogP contribution in [0.1, 0.15) is 15.9 Å². The van der Waals surface area contributed by atoms with Gasteiger partial charge < -0.3 is 9.47 Å². The van der Waals surface area contributed by atoms with Crippen molar-refractivity contribution >= 4 is 28.1 Å². The maximum Gasteiger partial charge on any atom is 0.275 e. The second-order valence-corrected chi connectivity index (χ2v) is 5.24. The van der Waals surface area contributed by atoms with Gasteiger partial charge in [0.2, 0.25) is 0 Å². The third kappa shape index (κ3) is 4.08. The van der Waals surface area contributed by atoms with Crippen LogP contribution in [0.5, 0.6) is 11.5 Å². The highest BCUT2D eigenvalue weighted by atomic mass is 79.9. The van der Waals surface area contributed by atoms with Gasteiger partial charge in [0.25, 0.3) is 5.91 Å². The summed E-state index contributed by atoms with van der Waals surface area (Å²) < 4.78 is 11.2. The lowest BCUT2D eigenvalue weighted by atomic mass is 10.2. The lowest BCUT2D eigenvalue weighted by Crippen LogP contribution is -2.18. The Kier molecular flexibility index (Phi) is 5.55. The number of nitrogens with zero attached hydrogens (tertiary/aromatic N) is 1. The zero-order valence-corrected chi connectivity index (χ0v) is 13.8. The van der Waals surface area contributed by atoms with E-state index < -0.39 is 0 Å². The molecule has 0 aliphatic carbocycles. The molecule has 1 amide bonds. The second kappa shape index (κ2) is 7.61. The van der Waals surface area contributed by atoms with E-state index in [9.17, 15) is 4.79 Å². The molecule has 0 aromatic heterocycles. The molecule has 0 radical (unpaired) electrons. The largest absolute Gasteiger partial charge is 0.497 e. The van der Waals surface area contributed by atoms with E-state index in [1.807, 2.05) is 24.3 Å². The lowest BCUT2D eigenvalue weighted by molar-refractivity contribution is 0.0952. The molecule has 6 heteroatoms. The third-order valence-electron chi connectivity index (χ3n) is 2.88. The van der Waals surface area contributed by atoms with Crippen molar-refractivity contribution in [2.75, 3.05) is 14.2 Å². The van der Waals surface area contributed by atoms with Crippen molar-refractivity contribution in [1.29, 1.82) is 0 Å². The van der Waals surface area contributed by atoms with Crippen molar-refractivity contribution in [3.05, 3.63) is 58.1 Å². The molecular formula is C16H15BrN2O3. The minimum Gasteiger partial charge on any atom is -0.497 e. The van der Waals surface area contributed by atoms with Crippen LogP contribution in [0.25, 0.3) is 0 Å². The summed E-state index contributed by atoms with van der Waals surface area (Å²) in [7, 11) is 3.05. The van der Waals surface area contributed by atoms with E-state index >= 15 is 0 Å². The second-order valence-electron chi connectivity index (χ2n) is 4.32. The molecule has 0 spiro atoms. The first-order chi connectivity index (χ1) is 10.6. The third-order valence-corrected chi connectivity index (χ3v) is 3.37. The average molecular weight is 363 g/mol. The van der Waals surface area contributed by atoms with Crippen LogP contribution in [0.2, 0.25) is 0 Å². The van der Waals surface area contributed by atoms with E-state index in [1.165, 1.54) is 7.11 Å². The van der Waals surface area contributed by atoms with Crippen molar-refractivity contribution in [2.45, 2.75) is 0 Å². The number of benzene rings is 2. The molecule has 0 saturated heterocycles. The topological polar surface area (TPSA) is 59.9 Å². The van der Waals surface area contributed by atoms with Gasteiger partial charge in [-0.2, -0.15) is 5.10 Å². The van der Waals surface area contributed by atoms with Gasteiger partial charge in [0.15, 0.2) is 0 Å². The SMILES string of the molecule is COc1ccc(C(=O)NN=Cc2cccc(Br)c2)c(OC)c1. The summed E-state index contributed by atoms with van der Waals surface area (Å²) in [5.41, 5.74) is 3.73. The van der Waals surface area contributed by atoms with E-state index in [2.05, 4.69) is 26.5 Å². The minimum atomic E-state index is -0.356. The highest BCUT2D eigenvalue weighted by Crippen LogP contribution is 2.24. The van der Waals surface area contributed by atoms with Crippen molar-refractivity contribution in [3.8, 4) is 11.5 Å². The predicted octanol–water partition coefficient (Wildman–Crippen LogP) is 3.23. The number of rotatable bonds is 5. The van der Waals surface area contributed by atoms with Crippen LogP contribution in [0, 0.1) is 0 Å². The van der Waals surface area contributed by atoms with Gasteiger partial charge >= 0.3 is 0 Å². The van der Waals surface area contributed by atoms with E-state index in [-0.39, 0.29) is 5.91 Å². The highest BCUT2D eigenvalue weighted by Gasteiger charge is 2.12. The summed E-state index contributed by atoms with van der Waals surface area (Å²) in [6.07, 6.45) is 1.57. The van der Waals surface area contributed by atoms with Gasteiger partial charge in [0, 0.05) is 10.5 Å². The number of methoxy groups -OCH3 is 2. The molecule has 2 aromatic carbocycles. The number of hydrazone groups is 1. The van der Waals surface area contributed by atoms with Gasteiger partial charge in [-0.05, 0) is 29.8 Å². The standard InChI is InChI=1S/C16H15BrN2O3/c1-21-13-6-7-14(15(9-13)22-2)16(20)19-18-10-11-4-3-5-12(17)8-11/h3-10H,1-2H3,(H,19,20). The molecule has 0 bridgehead atoms. The molecule has 2 aromatic rings. The summed E-state index contributed by atoms with van der Waals surface area (Å²) >= 11 is 3.37. The summed E-state index contributed by atoms with van der Waals surface area (Å²) in [6.45, 7) is 0. The normalized spacial score (nSPS) is 10.5. The number of carbonyl (C=O) groups is 1. The van der Waals surface area contributed by atoms with E-state index in [1.54, 1.807) is 31.5 Å². The van der Waals surface area contributed by atoms with Crippen molar-refractivity contribution in [3.63, 3.8) is 0 Å². The summed E-state index contributed by atoms with van der Waals surface area (Å²) in [6, 6.07) is 12.5. The predicted molar refractivity (Wildman–Crippen MR) is 88.7 cm³/mol. The van der Waals surface area contributed by atoms with Crippen molar-refractivity contribution < 1.29 is 14.3 Å². The van der Waals surface area contributed by atoms with Gasteiger partial charge in [0.1, 0.15) is 11.5 Å². The molecule has 0 saturated carbocycles. The quantitative estimate of drug-likeness (QED) is 0.656. The van der Waals surface area contributed by atoms with Crippen LogP contribution < -0.4 is 14.9 Å². The number of ether oxygens (including phenoxy) is 2. The molecule has 0 unspecified atom stereocenters. The monoisotopic (exact) mass is 362 g/mol. The van der Waals surface area contributed by atoms with Crippen LogP contribution in [-0.4, -0.2) is 26.3 Å². The Labute approximate surface area is 137 Å². The number of hydrogen-bond donors (Lipinski definition) is 1. The van der Waals surface area contributed by atoms with Crippen molar-refractivity contribution in [1.82, 2.24) is 5.43 Å². The minimum absolute atomic E-state index is 0.356. The fraction of sp³-hybridized carbons (Fsp3) is 0.125. The molecule has 0 atom stereocenters. The van der Waals surface area contributed by atoms with E-state index in [0.29, 0.717) is 17.1 Å². The molecule has 0 fully saturated rings. The Bertz CT molecular complexity index is 702. The Hall–Kier alpha value is -2.34. The fourth-order valence-electron chi connectivity index (χ4n) is 1.80. The van der Waals surface area contributed by atoms with Crippen LogP contribution in [0.3, 0.4) is 0 Å². The first kappa shape index (κ1) is 16.0. The smallest absolute Gasteiger partial charge is 0.275 e. The molecule has 2 rings (SSSR count). The van der Waals surface area contributed by atoms with Crippen molar-refractivity contribution in [2.24, 2.45) is 5.10 Å². The maximum absolute atomic E-state index is 12.1. The number of carbonyl (C=O) groups excluding carboxylic acids is 1. The van der Waals surface area contributed by atoms with Crippen LogP contribution in [-0.2, 0) is 0 Å². The molecule has 0 heterocycles. The van der Waals surface area contributed by atoms with Gasteiger partial charge in [-0.3, -0.25) is 4.79 Å². The van der Waals surface area contributed by atoms with Gasteiger partial charge in [0.05, 0.1) is 26.0 Å². The fourth-order valence-corrected chi connectivity index (χ4v) is 2.22.